The maximum atomic E-state index is 11.0. The molecule has 0 bridgehead atoms. The number of ether oxygens (including phenoxy) is 1. The van der Waals surface area contributed by atoms with Gasteiger partial charge < -0.3 is 10.1 Å². The lowest BCUT2D eigenvalue weighted by atomic mass is 10.0. The highest BCUT2D eigenvalue weighted by molar-refractivity contribution is 5.91. The van der Waals surface area contributed by atoms with Crippen LogP contribution in [-0.2, 0) is 9.53 Å². The molecule has 1 heterocycles. The normalized spacial score (nSPS) is 22.7. The van der Waals surface area contributed by atoms with E-state index in [1.54, 1.807) is 18.2 Å². The summed E-state index contributed by atoms with van der Waals surface area (Å²) in [5, 5.41) is 15.7. The molecule has 0 radical (unpaired) electrons. The standard InChI is InChI=1S/C13H15N5O4/c1-2-22-11-3-4-12(10(7-11)8-19)15-9-17-6-5-14-13(17)16-18(20)21/h3-4,7,9,12H,2,5-6H2,1H3,(H,14,16). The lowest BCUT2D eigenvalue weighted by Crippen LogP contribution is -2.30. The number of allylic oxidation sites excluding steroid dienone is 1. The van der Waals surface area contributed by atoms with Crippen molar-refractivity contribution in [3.8, 4) is 0 Å². The third-order valence-corrected chi connectivity index (χ3v) is 2.94. The number of nitro groups is 1. The number of hydrogen-bond acceptors (Lipinski definition) is 5. The number of guanidine groups is 1. The summed E-state index contributed by atoms with van der Waals surface area (Å²) >= 11 is 0. The van der Waals surface area contributed by atoms with E-state index in [-0.39, 0.29) is 5.96 Å². The van der Waals surface area contributed by atoms with Crippen molar-refractivity contribution in [2.45, 2.75) is 13.0 Å². The van der Waals surface area contributed by atoms with Gasteiger partial charge in [-0.15, -0.1) is 0 Å². The first-order valence-electron chi connectivity index (χ1n) is 6.68. The predicted molar refractivity (Wildman–Crippen MR) is 79.5 cm³/mol. The largest absolute Gasteiger partial charge is 0.494 e. The zero-order valence-electron chi connectivity index (χ0n) is 11.9. The second-order valence-corrected chi connectivity index (χ2v) is 4.39. The Hall–Kier alpha value is -2.93. The molecule has 1 N–H and O–H groups in total. The molecule has 1 aliphatic carbocycles. The summed E-state index contributed by atoms with van der Waals surface area (Å²) in [7, 11) is 0. The second-order valence-electron chi connectivity index (χ2n) is 4.39. The molecule has 1 fully saturated rings. The number of aliphatic imine (C=N–C) groups is 1. The van der Waals surface area contributed by atoms with Gasteiger partial charge in [0.2, 0.25) is 0 Å². The fourth-order valence-electron chi connectivity index (χ4n) is 1.98. The zero-order chi connectivity index (χ0) is 15.9. The van der Waals surface area contributed by atoms with Gasteiger partial charge in [-0.3, -0.25) is 9.89 Å². The Morgan fingerprint density at radius 3 is 3.18 bits per heavy atom. The third kappa shape index (κ3) is 3.80. The minimum Gasteiger partial charge on any atom is -0.494 e. The molecule has 22 heavy (non-hydrogen) atoms. The molecule has 0 spiro atoms. The van der Waals surface area contributed by atoms with Crippen molar-refractivity contribution >= 4 is 18.2 Å². The molecule has 0 saturated carbocycles. The van der Waals surface area contributed by atoms with Crippen LogP contribution in [0.5, 0.6) is 0 Å². The van der Waals surface area contributed by atoms with Gasteiger partial charge in [-0.1, -0.05) is 6.08 Å². The van der Waals surface area contributed by atoms with Gasteiger partial charge in [-0.2, -0.15) is 0 Å². The van der Waals surface area contributed by atoms with Crippen molar-refractivity contribution in [2.24, 2.45) is 10.1 Å². The fourth-order valence-corrected chi connectivity index (χ4v) is 1.98. The van der Waals surface area contributed by atoms with Gasteiger partial charge in [0.25, 0.3) is 5.96 Å². The van der Waals surface area contributed by atoms with E-state index in [0.717, 1.165) is 0 Å². The summed E-state index contributed by atoms with van der Waals surface area (Å²) in [6.45, 7) is 3.38. The van der Waals surface area contributed by atoms with Crippen molar-refractivity contribution in [3.05, 3.63) is 39.7 Å². The van der Waals surface area contributed by atoms with E-state index in [2.05, 4.69) is 15.4 Å². The summed E-state index contributed by atoms with van der Waals surface area (Å²) in [4.78, 5) is 27.2. The van der Waals surface area contributed by atoms with Crippen molar-refractivity contribution in [2.75, 3.05) is 19.7 Å². The van der Waals surface area contributed by atoms with Gasteiger partial charge in [0, 0.05) is 13.1 Å². The molecule has 2 aliphatic rings. The van der Waals surface area contributed by atoms with E-state index < -0.39 is 11.1 Å². The van der Waals surface area contributed by atoms with Gasteiger partial charge in [0.1, 0.15) is 22.8 Å². The van der Waals surface area contributed by atoms with Crippen molar-refractivity contribution in [1.82, 2.24) is 10.2 Å². The molecule has 0 amide bonds. The van der Waals surface area contributed by atoms with Crippen LogP contribution in [0.15, 0.2) is 39.7 Å². The number of carbonyl (C=O) groups excluding carboxylic acids is 1. The Morgan fingerprint density at radius 1 is 1.68 bits per heavy atom. The quantitative estimate of drug-likeness (QED) is 0.253. The van der Waals surface area contributed by atoms with Crippen LogP contribution in [0.2, 0.25) is 0 Å². The van der Waals surface area contributed by atoms with Gasteiger partial charge in [-0.25, -0.2) is 14.9 Å². The van der Waals surface area contributed by atoms with Gasteiger partial charge in [0.05, 0.1) is 18.5 Å². The van der Waals surface area contributed by atoms with Crippen LogP contribution in [0.1, 0.15) is 6.92 Å². The maximum Gasteiger partial charge on any atom is 0.276 e. The zero-order valence-corrected chi connectivity index (χ0v) is 11.9. The summed E-state index contributed by atoms with van der Waals surface area (Å²) in [5.41, 5.74) is 0.335. The first-order chi connectivity index (χ1) is 10.6. The molecule has 0 aromatic heterocycles. The summed E-state index contributed by atoms with van der Waals surface area (Å²) in [6.07, 6.45) is 6.43. The predicted octanol–water partition coefficient (Wildman–Crippen LogP) is 0.0844. The summed E-state index contributed by atoms with van der Waals surface area (Å²) < 4.78 is 5.31. The van der Waals surface area contributed by atoms with Gasteiger partial charge >= 0.3 is 0 Å². The molecule has 1 unspecified atom stereocenters. The molecule has 1 saturated heterocycles. The summed E-state index contributed by atoms with van der Waals surface area (Å²) in [5.74, 6) is 2.53. The minimum absolute atomic E-state index is 0.121. The van der Waals surface area contributed by atoms with Crippen LogP contribution >= 0.6 is 0 Å². The molecule has 1 atom stereocenters. The molecule has 116 valence electrons. The first-order valence-corrected chi connectivity index (χ1v) is 6.68. The van der Waals surface area contributed by atoms with Crippen LogP contribution in [0.25, 0.3) is 0 Å². The third-order valence-electron chi connectivity index (χ3n) is 2.94. The average molecular weight is 305 g/mol. The van der Waals surface area contributed by atoms with Crippen LogP contribution in [0, 0.1) is 10.1 Å². The van der Waals surface area contributed by atoms with E-state index >= 15 is 0 Å². The Bertz CT molecular complexity index is 616. The van der Waals surface area contributed by atoms with Crippen LogP contribution in [0.4, 0.5) is 0 Å². The molecular weight excluding hydrogens is 290 g/mol. The van der Waals surface area contributed by atoms with E-state index in [1.165, 1.54) is 11.2 Å². The van der Waals surface area contributed by atoms with Crippen molar-refractivity contribution in [3.63, 3.8) is 0 Å². The Morgan fingerprint density at radius 2 is 2.50 bits per heavy atom. The Balaban J connectivity index is 2.09. The molecule has 9 nitrogen and oxygen atoms in total. The van der Waals surface area contributed by atoms with Crippen LogP contribution < -0.4 is 5.32 Å². The maximum absolute atomic E-state index is 11.0. The highest BCUT2D eigenvalue weighted by Crippen LogP contribution is 2.18. The number of rotatable bonds is 5. The first kappa shape index (κ1) is 15.5. The lowest BCUT2D eigenvalue weighted by Gasteiger charge is -2.15. The molecule has 0 aromatic carbocycles. The number of nitrogens with zero attached hydrogens (tertiary/aromatic N) is 4. The van der Waals surface area contributed by atoms with E-state index in [4.69, 9.17) is 4.74 Å². The highest BCUT2D eigenvalue weighted by atomic mass is 16.7. The Labute approximate surface area is 126 Å². The highest BCUT2D eigenvalue weighted by Gasteiger charge is 2.21. The van der Waals surface area contributed by atoms with Crippen molar-refractivity contribution < 1.29 is 14.6 Å². The van der Waals surface area contributed by atoms with Crippen molar-refractivity contribution in [1.29, 1.82) is 0 Å². The molecule has 9 heteroatoms. The van der Waals surface area contributed by atoms with E-state index in [9.17, 15) is 14.9 Å². The number of hydrogen-bond donors (Lipinski definition) is 1. The second kappa shape index (κ2) is 7.19. The van der Waals surface area contributed by atoms with Crippen LogP contribution in [0.3, 0.4) is 0 Å². The minimum atomic E-state index is -0.775. The van der Waals surface area contributed by atoms with E-state index in [0.29, 0.717) is 31.0 Å². The topological polar surface area (TPSA) is 109 Å². The summed E-state index contributed by atoms with van der Waals surface area (Å²) in [6, 6.07) is -0.501. The average Bonchev–Trinajstić information content (AvgIpc) is 2.92. The molecule has 1 aliphatic heterocycles. The lowest BCUT2D eigenvalue weighted by molar-refractivity contribution is -0.485. The van der Waals surface area contributed by atoms with Gasteiger partial charge in [-0.05, 0) is 19.1 Å². The number of hydrazone groups is 1. The fraction of sp³-hybridized carbons (Fsp3) is 0.385. The molecule has 2 rings (SSSR count). The monoisotopic (exact) mass is 305 g/mol. The Kier molecular flexibility index (Phi) is 5.05. The SMILES string of the molecule is CCOC1=CC(=C=O)C(N=CN2CCNC2=N[N+](=O)[O-])C=C1. The van der Waals surface area contributed by atoms with Crippen LogP contribution in [-0.4, -0.2) is 53.9 Å². The number of nitrogens with one attached hydrogen (secondary N) is 1. The van der Waals surface area contributed by atoms with E-state index in [1.807, 2.05) is 12.9 Å². The molecule has 0 aromatic rings. The van der Waals surface area contributed by atoms with Gasteiger partial charge in [0.15, 0.2) is 5.03 Å². The molecular formula is C13H15N5O4. The smallest absolute Gasteiger partial charge is 0.276 e.